The Labute approximate surface area is 150 Å². The molecule has 1 saturated heterocycles. The first kappa shape index (κ1) is 16.3. The topological polar surface area (TPSA) is 16.1 Å². The summed E-state index contributed by atoms with van der Waals surface area (Å²) in [5.41, 5.74) is 4.91. The van der Waals surface area contributed by atoms with Gasteiger partial charge in [0.05, 0.1) is 0 Å². The number of rotatable bonds is 4. The second-order valence-corrected chi connectivity index (χ2v) is 7.36. The highest BCUT2D eigenvalue weighted by Gasteiger charge is 2.19. The van der Waals surface area contributed by atoms with Crippen molar-refractivity contribution in [3.63, 3.8) is 0 Å². The molecule has 25 heavy (non-hydrogen) atoms. The van der Waals surface area contributed by atoms with Crippen molar-refractivity contribution in [2.24, 2.45) is 0 Å². The van der Waals surface area contributed by atoms with Crippen molar-refractivity contribution >= 4 is 10.8 Å². The van der Waals surface area contributed by atoms with Gasteiger partial charge in [-0.05, 0) is 73.7 Å². The van der Waals surface area contributed by atoms with Crippen molar-refractivity contribution in [3.8, 4) is 11.1 Å². The molecular weight excluding hydrogens is 304 g/mol. The zero-order chi connectivity index (χ0) is 17.2. The van der Waals surface area contributed by atoms with E-state index in [-0.39, 0.29) is 0 Å². The van der Waals surface area contributed by atoms with Gasteiger partial charge in [0, 0.05) is 30.0 Å². The number of hydrogen-bond donors (Lipinski definition) is 0. The molecule has 1 atom stereocenters. The normalized spacial score (nSPS) is 18.1. The van der Waals surface area contributed by atoms with Crippen LogP contribution in [0.25, 0.3) is 21.9 Å². The molecule has 1 aliphatic heterocycles. The van der Waals surface area contributed by atoms with Gasteiger partial charge in [0.25, 0.3) is 0 Å². The Bertz CT molecular complexity index is 867. The Morgan fingerprint density at radius 1 is 1.00 bits per heavy atom. The third-order valence-corrected chi connectivity index (χ3v) is 5.53. The van der Waals surface area contributed by atoms with Crippen LogP contribution >= 0.6 is 0 Å². The average Bonchev–Trinajstić information content (AvgIpc) is 3.05. The lowest BCUT2D eigenvalue weighted by atomic mass is 10.00. The maximum atomic E-state index is 4.41. The minimum atomic E-state index is 0.756. The summed E-state index contributed by atoms with van der Waals surface area (Å²) in [5.74, 6) is 0. The number of pyridine rings is 1. The Morgan fingerprint density at radius 3 is 2.56 bits per heavy atom. The lowest BCUT2D eigenvalue weighted by Crippen LogP contribution is -2.28. The van der Waals surface area contributed by atoms with E-state index in [9.17, 15) is 0 Å². The number of benzene rings is 2. The van der Waals surface area contributed by atoms with Crippen LogP contribution in [-0.2, 0) is 6.42 Å². The summed E-state index contributed by atoms with van der Waals surface area (Å²) in [6.45, 7) is 6.83. The predicted molar refractivity (Wildman–Crippen MR) is 106 cm³/mol. The molecule has 1 fully saturated rings. The number of likely N-dealkylation sites (tertiary alicyclic amines) is 1. The van der Waals surface area contributed by atoms with E-state index in [2.05, 4.69) is 65.3 Å². The fourth-order valence-corrected chi connectivity index (χ4v) is 3.87. The van der Waals surface area contributed by atoms with E-state index in [1.807, 2.05) is 13.1 Å². The van der Waals surface area contributed by atoms with Crippen molar-refractivity contribution < 1.29 is 0 Å². The Balaban J connectivity index is 1.53. The minimum absolute atomic E-state index is 0.756. The molecule has 0 radical (unpaired) electrons. The van der Waals surface area contributed by atoms with E-state index in [0.29, 0.717) is 0 Å². The molecule has 0 saturated carbocycles. The summed E-state index contributed by atoms with van der Waals surface area (Å²) in [7, 11) is 0. The van der Waals surface area contributed by atoms with Crippen molar-refractivity contribution in [2.45, 2.75) is 39.2 Å². The van der Waals surface area contributed by atoms with Crippen LogP contribution in [0.5, 0.6) is 0 Å². The standard InChI is InChI=1S/C23H26N2/c1-17-5-7-23(16-24-17)22-10-9-20-14-19(6-8-21(20)15-22)11-13-25-12-3-4-18(25)2/h5-10,14-16,18H,3-4,11-13H2,1-2H3/t18-/m1/s1. The number of hydrogen-bond acceptors (Lipinski definition) is 2. The number of aryl methyl sites for hydroxylation is 1. The molecule has 0 bridgehead atoms. The molecule has 0 spiro atoms. The molecule has 2 aromatic carbocycles. The summed E-state index contributed by atoms with van der Waals surface area (Å²) < 4.78 is 0. The molecule has 3 aromatic rings. The lowest BCUT2D eigenvalue weighted by Gasteiger charge is -2.20. The summed E-state index contributed by atoms with van der Waals surface area (Å²) in [6.07, 6.45) is 5.82. The third kappa shape index (κ3) is 3.59. The molecule has 1 aliphatic rings. The molecule has 2 heterocycles. The highest BCUT2D eigenvalue weighted by atomic mass is 15.2. The van der Waals surface area contributed by atoms with E-state index >= 15 is 0 Å². The van der Waals surface area contributed by atoms with E-state index in [0.717, 1.165) is 18.2 Å². The van der Waals surface area contributed by atoms with E-state index in [1.54, 1.807) is 0 Å². The predicted octanol–water partition coefficient (Wildman–Crippen LogP) is 5.24. The monoisotopic (exact) mass is 330 g/mol. The Hall–Kier alpha value is -2.19. The highest BCUT2D eigenvalue weighted by molar-refractivity contribution is 5.87. The number of aromatic nitrogens is 1. The summed E-state index contributed by atoms with van der Waals surface area (Å²) >= 11 is 0. The molecule has 0 N–H and O–H groups in total. The van der Waals surface area contributed by atoms with Crippen molar-refractivity contribution in [1.82, 2.24) is 9.88 Å². The molecule has 4 rings (SSSR count). The molecule has 0 unspecified atom stereocenters. The van der Waals surface area contributed by atoms with Gasteiger partial charge in [-0.3, -0.25) is 4.98 Å². The van der Waals surface area contributed by atoms with Crippen LogP contribution in [0.2, 0.25) is 0 Å². The second-order valence-electron chi connectivity index (χ2n) is 7.36. The van der Waals surface area contributed by atoms with Crippen LogP contribution in [-0.4, -0.2) is 29.0 Å². The first-order valence-electron chi connectivity index (χ1n) is 9.39. The SMILES string of the molecule is Cc1ccc(-c2ccc3cc(CCN4CCC[C@H]4C)ccc3c2)cn1. The van der Waals surface area contributed by atoms with Crippen LogP contribution in [0.3, 0.4) is 0 Å². The van der Waals surface area contributed by atoms with Crippen LogP contribution in [0.15, 0.2) is 54.7 Å². The molecular formula is C23H26N2. The van der Waals surface area contributed by atoms with Crippen LogP contribution in [0.1, 0.15) is 31.0 Å². The van der Waals surface area contributed by atoms with Gasteiger partial charge in [0.15, 0.2) is 0 Å². The smallest absolute Gasteiger partial charge is 0.0373 e. The first-order chi connectivity index (χ1) is 12.2. The van der Waals surface area contributed by atoms with Gasteiger partial charge in [-0.1, -0.05) is 36.4 Å². The lowest BCUT2D eigenvalue weighted by molar-refractivity contribution is 0.272. The van der Waals surface area contributed by atoms with Gasteiger partial charge in [0.2, 0.25) is 0 Å². The van der Waals surface area contributed by atoms with Crippen LogP contribution in [0.4, 0.5) is 0 Å². The van der Waals surface area contributed by atoms with Gasteiger partial charge < -0.3 is 4.90 Å². The van der Waals surface area contributed by atoms with Gasteiger partial charge in [-0.15, -0.1) is 0 Å². The summed E-state index contributed by atoms with van der Waals surface area (Å²) in [6, 6.07) is 18.6. The zero-order valence-corrected chi connectivity index (χ0v) is 15.2. The third-order valence-electron chi connectivity index (χ3n) is 5.53. The quantitative estimate of drug-likeness (QED) is 0.650. The largest absolute Gasteiger partial charge is 0.300 e. The Kier molecular flexibility index (Phi) is 4.54. The maximum absolute atomic E-state index is 4.41. The molecule has 2 heteroatoms. The number of nitrogens with zero attached hydrogens (tertiary/aromatic N) is 2. The van der Waals surface area contributed by atoms with Gasteiger partial charge in [-0.25, -0.2) is 0 Å². The zero-order valence-electron chi connectivity index (χ0n) is 15.2. The minimum Gasteiger partial charge on any atom is -0.300 e. The van der Waals surface area contributed by atoms with Crippen molar-refractivity contribution in [1.29, 1.82) is 0 Å². The molecule has 0 amide bonds. The fourth-order valence-electron chi connectivity index (χ4n) is 3.87. The Morgan fingerprint density at radius 2 is 1.80 bits per heavy atom. The van der Waals surface area contributed by atoms with Gasteiger partial charge >= 0.3 is 0 Å². The molecule has 128 valence electrons. The van der Waals surface area contributed by atoms with Crippen LogP contribution in [0, 0.1) is 6.92 Å². The first-order valence-corrected chi connectivity index (χ1v) is 9.39. The number of fused-ring (bicyclic) bond motifs is 1. The van der Waals surface area contributed by atoms with E-state index < -0.39 is 0 Å². The fraction of sp³-hybridized carbons (Fsp3) is 0.348. The highest BCUT2D eigenvalue weighted by Crippen LogP contribution is 2.25. The van der Waals surface area contributed by atoms with E-state index in [4.69, 9.17) is 0 Å². The van der Waals surface area contributed by atoms with Gasteiger partial charge in [0.1, 0.15) is 0 Å². The van der Waals surface area contributed by atoms with Crippen molar-refractivity contribution in [2.75, 3.05) is 13.1 Å². The summed E-state index contributed by atoms with van der Waals surface area (Å²) in [5, 5.41) is 2.63. The van der Waals surface area contributed by atoms with E-state index in [1.165, 1.54) is 53.4 Å². The molecule has 0 aliphatic carbocycles. The second kappa shape index (κ2) is 6.97. The maximum Gasteiger partial charge on any atom is 0.0373 e. The molecule has 1 aromatic heterocycles. The van der Waals surface area contributed by atoms with Crippen molar-refractivity contribution in [3.05, 3.63) is 66.0 Å². The van der Waals surface area contributed by atoms with Crippen LogP contribution < -0.4 is 0 Å². The average molecular weight is 330 g/mol. The van der Waals surface area contributed by atoms with Gasteiger partial charge in [-0.2, -0.15) is 0 Å². The summed E-state index contributed by atoms with van der Waals surface area (Å²) in [4.78, 5) is 7.04. The molecule has 2 nitrogen and oxygen atoms in total.